The second-order valence-corrected chi connectivity index (χ2v) is 5.12. The minimum atomic E-state index is -4.36. The Morgan fingerprint density at radius 1 is 1.35 bits per heavy atom. The van der Waals surface area contributed by atoms with E-state index >= 15 is 0 Å². The smallest absolute Gasteiger partial charge is 0.346 e. The number of halogens is 3. The molecule has 0 aromatic carbocycles. The maximum Gasteiger partial charge on any atom is 0.405 e. The van der Waals surface area contributed by atoms with Crippen LogP contribution in [0.3, 0.4) is 0 Å². The summed E-state index contributed by atoms with van der Waals surface area (Å²) in [6.45, 7) is 2.94. The first kappa shape index (κ1) is 16.6. The van der Waals surface area contributed by atoms with E-state index in [1.165, 1.54) is 0 Å². The summed E-state index contributed by atoms with van der Waals surface area (Å²) in [6, 6.07) is -0.605. The fraction of sp³-hybridized carbons (Fsp3) is 0.900. The minimum absolute atomic E-state index is 0.466. The van der Waals surface area contributed by atoms with Gasteiger partial charge in [-0.1, -0.05) is 6.92 Å². The van der Waals surface area contributed by atoms with Crippen LogP contribution < -0.4 is 10.6 Å². The molecule has 0 spiro atoms. The molecule has 2 unspecified atom stereocenters. The summed E-state index contributed by atoms with van der Waals surface area (Å²) in [4.78, 5) is 11.3. The molecule has 0 bridgehead atoms. The lowest BCUT2D eigenvalue weighted by Crippen LogP contribution is -2.45. The van der Waals surface area contributed by atoms with Gasteiger partial charge in [0.2, 0.25) is 5.91 Å². The second-order valence-electron chi connectivity index (χ2n) is 3.84. The van der Waals surface area contributed by atoms with Gasteiger partial charge in [-0.2, -0.15) is 24.9 Å². The van der Waals surface area contributed by atoms with Gasteiger partial charge in [-0.25, -0.2) is 0 Å². The van der Waals surface area contributed by atoms with Crippen LogP contribution in [0.2, 0.25) is 0 Å². The van der Waals surface area contributed by atoms with Gasteiger partial charge >= 0.3 is 6.18 Å². The molecule has 17 heavy (non-hydrogen) atoms. The highest BCUT2D eigenvalue weighted by atomic mass is 32.2. The predicted octanol–water partition coefficient (Wildman–Crippen LogP) is 1.78. The van der Waals surface area contributed by atoms with Crippen LogP contribution in [0.15, 0.2) is 0 Å². The van der Waals surface area contributed by atoms with E-state index < -0.39 is 24.7 Å². The van der Waals surface area contributed by atoms with Crippen LogP contribution in [0.5, 0.6) is 0 Å². The van der Waals surface area contributed by atoms with Gasteiger partial charge in [0, 0.05) is 5.25 Å². The number of hydrogen-bond donors (Lipinski definition) is 2. The SMILES string of the molecule is CSC(C)CCNC(C)C(=O)NCC(F)(F)F. The third-order valence-corrected chi connectivity index (χ3v) is 3.30. The van der Waals surface area contributed by atoms with Crippen LogP contribution in [0.1, 0.15) is 20.3 Å². The van der Waals surface area contributed by atoms with Crippen LogP contribution in [-0.2, 0) is 4.79 Å². The van der Waals surface area contributed by atoms with E-state index in [4.69, 9.17) is 0 Å². The van der Waals surface area contributed by atoms with Crippen LogP contribution in [0.4, 0.5) is 13.2 Å². The molecule has 0 aromatic heterocycles. The third kappa shape index (κ3) is 9.29. The fourth-order valence-corrected chi connectivity index (χ4v) is 1.41. The Labute approximate surface area is 104 Å². The molecule has 102 valence electrons. The maximum atomic E-state index is 11.8. The van der Waals surface area contributed by atoms with Crippen molar-refractivity contribution in [1.82, 2.24) is 10.6 Å². The number of hydrogen-bond acceptors (Lipinski definition) is 3. The molecule has 0 aliphatic heterocycles. The fourth-order valence-electron chi connectivity index (χ4n) is 1.05. The highest BCUT2D eigenvalue weighted by Gasteiger charge is 2.28. The number of amides is 1. The van der Waals surface area contributed by atoms with E-state index in [9.17, 15) is 18.0 Å². The molecule has 0 aliphatic carbocycles. The van der Waals surface area contributed by atoms with Gasteiger partial charge in [0.25, 0.3) is 0 Å². The van der Waals surface area contributed by atoms with Crippen LogP contribution in [0, 0.1) is 0 Å². The molecule has 0 radical (unpaired) electrons. The van der Waals surface area contributed by atoms with E-state index in [0.29, 0.717) is 11.8 Å². The average Bonchev–Trinajstić information content (AvgIpc) is 2.24. The monoisotopic (exact) mass is 272 g/mol. The molecule has 7 heteroatoms. The topological polar surface area (TPSA) is 41.1 Å². The molecule has 0 aromatic rings. The van der Waals surface area contributed by atoms with Gasteiger partial charge in [-0.15, -0.1) is 0 Å². The van der Waals surface area contributed by atoms with Crippen molar-refractivity contribution in [2.75, 3.05) is 19.3 Å². The number of carbonyl (C=O) groups is 1. The molecular formula is C10H19F3N2OS. The number of alkyl halides is 3. The summed E-state index contributed by atoms with van der Waals surface area (Å²) < 4.78 is 35.5. The third-order valence-electron chi connectivity index (χ3n) is 2.26. The Hall–Kier alpha value is -0.430. The zero-order chi connectivity index (χ0) is 13.5. The molecule has 1 amide bonds. The Kier molecular flexibility index (Phi) is 7.61. The summed E-state index contributed by atoms with van der Waals surface area (Å²) in [5.41, 5.74) is 0. The van der Waals surface area contributed by atoms with E-state index in [0.717, 1.165) is 6.42 Å². The zero-order valence-electron chi connectivity index (χ0n) is 10.2. The van der Waals surface area contributed by atoms with Gasteiger partial charge in [-0.3, -0.25) is 4.79 Å². The number of thioether (sulfide) groups is 1. The van der Waals surface area contributed by atoms with Gasteiger partial charge in [0.05, 0.1) is 6.04 Å². The van der Waals surface area contributed by atoms with E-state index in [1.54, 1.807) is 18.7 Å². The van der Waals surface area contributed by atoms with Crippen LogP contribution in [0.25, 0.3) is 0 Å². The summed E-state index contributed by atoms with van der Waals surface area (Å²) >= 11 is 1.71. The highest BCUT2D eigenvalue weighted by molar-refractivity contribution is 7.99. The second kappa shape index (κ2) is 7.81. The predicted molar refractivity (Wildman–Crippen MR) is 64.1 cm³/mol. The lowest BCUT2D eigenvalue weighted by Gasteiger charge is -2.16. The first-order valence-electron chi connectivity index (χ1n) is 5.37. The normalized spacial score (nSPS) is 15.4. The quantitative estimate of drug-likeness (QED) is 0.742. The molecule has 0 saturated carbocycles. The Morgan fingerprint density at radius 3 is 2.41 bits per heavy atom. The van der Waals surface area contributed by atoms with Crippen LogP contribution in [-0.4, -0.2) is 42.7 Å². The standard InChI is InChI=1S/C10H19F3N2OS/c1-7(17-3)4-5-14-8(2)9(16)15-6-10(11,12)13/h7-8,14H,4-6H2,1-3H3,(H,15,16). The van der Waals surface area contributed by atoms with Gasteiger partial charge in [0.15, 0.2) is 0 Å². The summed E-state index contributed by atoms with van der Waals surface area (Å²) in [5.74, 6) is -0.626. The molecule has 0 fully saturated rings. The zero-order valence-corrected chi connectivity index (χ0v) is 11.0. The lowest BCUT2D eigenvalue weighted by molar-refractivity contribution is -0.139. The molecule has 0 aliphatic rings. The molecular weight excluding hydrogens is 253 g/mol. The Morgan fingerprint density at radius 2 is 1.94 bits per heavy atom. The number of carbonyl (C=O) groups excluding carboxylic acids is 1. The van der Waals surface area contributed by atoms with Crippen molar-refractivity contribution in [2.24, 2.45) is 0 Å². The van der Waals surface area contributed by atoms with Crippen molar-refractivity contribution in [2.45, 2.75) is 37.7 Å². The average molecular weight is 272 g/mol. The lowest BCUT2D eigenvalue weighted by atomic mass is 10.2. The van der Waals surface area contributed by atoms with Crippen molar-refractivity contribution >= 4 is 17.7 Å². The first-order chi connectivity index (χ1) is 7.76. The van der Waals surface area contributed by atoms with E-state index in [2.05, 4.69) is 12.2 Å². The minimum Gasteiger partial charge on any atom is -0.346 e. The summed E-state index contributed by atoms with van der Waals surface area (Å²) in [6.07, 6.45) is -1.50. The largest absolute Gasteiger partial charge is 0.405 e. The van der Waals surface area contributed by atoms with Crippen molar-refractivity contribution < 1.29 is 18.0 Å². The Bertz CT molecular complexity index is 236. The van der Waals surface area contributed by atoms with Gasteiger partial charge < -0.3 is 10.6 Å². The number of nitrogens with one attached hydrogen (secondary N) is 2. The van der Waals surface area contributed by atoms with Crippen molar-refractivity contribution in [1.29, 1.82) is 0 Å². The molecule has 0 rings (SSSR count). The molecule has 2 atom stereocenters. The maximum absolute atomic E-state index is 11.8. The molecule has 0 heterocycles. The van der Waals surface area contributed by atoms with E-state index in [1.807, 2.05) is 11.6 Å². The summed E-state index contributed by atoms with van der Waals surface area (Å²) in [7, 11) is 0. The van der Waals surface area contributed by atoms with Crippen molar-refractivity contribution in [3.05, 3.63) is 0 Å². The summed E-state index contributed by atoms with van der Waals surface area (Å²) in [5, 5.41) is 5.20. The first-order valence-corrected chi connectivity index (χ1v) is 6.65. The van der Waals surface area contributed by atoms with Gasteiger partial charge in [-0.05, 0) is 26.1 Å². The van der Waals surface area contributed by atoms with Crippen molar-refractivity contribution in [3.8, 4) is 0 Å². The van der Waals surface area contributed by atoms with Gasteiger partial charge in [0.1, 0.15) is 6.54 Å². The molecule has 2 N–H and O–H groups in total. The van der Waals surface area contributed by atoms with Crippen molar-refractivity contribution in [3.63, 3.8) is 0 Å². The highest BCUT2D eigenvalue weighted by Crippen LogP contribution is 2.12. The Balaban J connectivity index is 3.75. The molecule has 3 nitrogen and oxygen atoms in total. The number of rotatable bonds is 7. The van der Waals surface area contributed by atoms with E-state index in [-0.39, 0.29) is 0 Å². The molecule has 0 saturated heterocycles. The van der Waals surface area contributed by atoms with Crippen LogP contribution >= 0.6 is 11.8 Å².